The van der Waals surface area contributed by atoms with Gasteiger partial charge in [0, 0.05) is 53.4 Å². The molecule has 27 heavy (non-hydrogen) atoms. The van der Waals surface area contributed by atoms with Crippen LogP contribution in [-0.4, -0.2) is 68.3 Å². The second-order valence-corrected chi connectivity index (χ2v) is 9.83. The predicted molar refractivity (Wildman–Crippen MR) is 103 cm³/mol. The molecule has 1 aromatic heterocycles. The molecule has 0 aromatic carbocycles. The van der Waals surface area contributed by atoms with Crippen LogP contribution in [0.5, 0.6) is 0 Å². The lowest BCUT2D eigenvalue weighted by atomic mass is 9.93. The first-order valence-corrected chi connectivity index (χ1v) is 10.9. The van der Waals surface area contributed by atoms with E-state index in [2.05, 4.69) is 10.5 Å². The third-order valence-corrected chi connectivity index (χ3v) is 6.28. The molecule has 2 fully saturated rings. The van der Waals surface area contributed by atoms with E-state index in [1.807, 2.05) is 20.8 Å². The van der Waals surface area contributed by atoms with Crippen molar-refractivity contribution >= 4 is 28.6 Å². The van der Waals surface area contributed by atoms with Crippen molar-refractivity contribution in [2.75, 3.05) is 36.5 Å². The topological polar surface area (TPSA) is 95.8 Å². The van der Waals surface area contributed by atoms with E-state index < -0.39 is 16.8 Å². The molecular weight excluding hydrogens is 368 g/mol. The molecule has 1 unspecified atom stereocenters. The number of hydrogen-bond acceptors (Lipinski definition) is 5. The number of anilines is 1. The van der Waals surface area contributed by atoms with E-state index in [1.165, 1.54) is 0 Å². The van der Waals surface area contributed by atoms with Crippen molar-refractivity contribution in [1.29, 1.82) is 0 Å². The standard InChI is InChI=1S/C18H28N4O4S/c1-18(2,3)14-12-15(20-26-14)19-16(23)13-6-4-5-7-22(13)17(24)21-8-10-27(25)11-9-21/h12-13H,4-11H2,1-3H3,(H,19,20,23). The van der Waals surface area contributed by atoms with E-state index in [1.54, 1.807) is 15.9 Å². The SMILES string of the molecule is CC(C)(C)c1cc(NC(=O)C2CCCCN2C(=O)N2CCS(=O)CC2)no1. The average molecular weight is 397 g/mol. The minimum Gasteiger partial charge on any atom is -0.359 e. The zero-order valence-electron chi connectivity index (χ0n) is 16.2. The van der Waals surface area contributed by atoms with Gasteiger partial charge in [0.15, 0.2) is 5.82 Å². The molecule has 1 atom stereocenters. The fourth-order valence-corrected chi connectivity index (χ4v) is 4.39. The molecule has 0 saturated carbocycles. The largest absolute Gasteiger partial charge is 0.359 e. The zero-order valence-corrected chi connectivity index (χ0v) is 17.0. The summed E-state index contributed by atoms with van der Waals surface area (Å²) in [4.78, 5) is 29.1. The number of nitrogens with one attached hydrogen (secondary N) is 1. The number of hydrogen-bond donors (Lipinski definition) is 1. The van der Waals surface area contributed by atoms with Crippen LogP contribution in [0.4, 0.5) is 10.6 Å². The Hall–Kier alpha value is -1.90. The van der Waals surface area contributed by atoms with Gasteiger partial charge in [-0.2, -0.15) is 0 Å². The Morgan fingerprint density at radius 3 is 2.56 bits per heavy atom. The highest BCUT2D eigenvalue weighted by Gasteiger charge is 2.35. The lowest BCUT2D eigenvalue weighted by Gasteiger charge is -2.39. The van der Waals surface area contributed by atoms with Crippen LogP contribution in [0.2, 0.25) is 0 Å². The lowest BCUT2D eigenvalue weighted by Crippen LogP contribution is -2.56. The highest BCUT2D eigenvalue weighted by atomic mass is 32.2. The quantitative estimate of drug-likeness (QED) is 0.824. The smallest absolute Gasteiger partial charge is 0.320 e. The summed E-state index contributed by atoms with van der Waals surface area (Å²) in [5.41, 5.74) is -0.197. The first kappa shape index (κ1) is 19.9. The summed E-state index contributed by atoms with van der Waals surface area (Å²) < 4.78 is 16.8. The number of piperidine rings is 1. The normalized spacial score (nSPS) is 22.0. The van der Waals surface area contributed by atoms with Crippen LogP contribution >= 0.6 is 0 Å². The van der Waals surface area contributed by atoms with Crippen molar-refractivity contribution in [2.45, 2.75) is 51.5 Å². The summed E-state index contributed by atoms with van der Waals surface area (Å²) >= 11 is 0. The van der Waals surface area contributed by atoms with Gasteiger partial charge < -0.3 is 19.6 Å². The Morgan fingerprint density at radius 1 is 1.22 bits per heavy atom. The summed E-state index contributed by atoms with van der Waals surface area (Å²) in [5.74, 6) is 1.83. The first-order chi connectivity index (χ1) is 12.8. The maximum atomic E-state index is 12.9. The molecule has 8 nitrogen and oxygen atoms in total. The number of amides is 3. The number of aromatic nitrogens is 1. The van der Waals surface area contributed by atoms with E-state index >= 15 is 0 Å². The van der Waals surface area contributed by atoms with Crippen molar-refractivity contribution in [1.82, 2.24) is 15.0 Å². The van der Waals surface area contributed by atoms with Crippen LogP contribution in [0.3, 0.4) is 0 Å². The molecule has 0 radical (unpaired) electrons. The van der Waals surface area contributed by atoms with E-state index in [-0.39, 0.29) is 17.4 Å². The van der Waals surface area contributed by atoms with Crippen LogP contribution < -0.4 is 5.32 Å². The number of carbonyl (C=O) groups is 2. The molecule has 1 N–H and O–H groups in total. The van der Waals surface area contributed by atoms with Crippen LogP contribution in [-0.2, 0) is 21.0 Å². The molecule has 2 aliphatic heterocycles. The third-order valence-electron chi connectivity index (χ3n) is 5.00. The molecule has 2 saturated heterocycles. The summed E-state index contributed by atoms with van der Waals surface area (Å²) in [5, 5.41) is 6.73. The lowest BCUT2D eigenvalue weighted by molar-refractivity contribution is -0.121. The van der Waals surface area contributed by atoms with Crippen LogP contribution in [0.15, 0.2) is 10.6 Å². The van der Waals surface area contributed by atoms with Gasteiger partial charge in [-0.05, 0) is 19.3 Å². The van der Waals surface area contributed by atoms with Crippen molar-refractivity contribution in [3.05, 3.63) is 11.8 Å². The zero-order chi connectivity index (χ0) is 19.6. The van der Waals surface area contributed by atoms with Gasteiger partial charge in [0.1, 0.15) is 11.8 Å². The van der Waals surface area contributed by atoms with Crippen LogP contribution in [0.1, 0.15) is 45.8 Å². The molecule has 9 heteroatoms. The second-order valence-electron chi connectivity index (χ2n) is 8.14. The van der Waals surface area contributed by atoms with E-state index in [9.17, 15) is 13.8 Å². The van der Waals surface area contributed by atoms with E-state index in [0.717, 1.165) is 12.8 Å². The van der Waals surface area contributed by atoms with Gasteiger partial charge in [-0.3, -0.25) is 9.00 Å². The summed E-state index contributed by atoms with van der Waals surface area (Å²) in [7, 11) is -0.842. The number of likely N-dealkylation sites (tertiary alicyclic amines) is 1. The molecule has 3 amide bonds. The first-order valence-electron chi connectivity index (χ1n) is 9.44. The summed E-state index contributed by atoms with van der Waals surface area (Å²) in [6.45, 7) is 7.54. The molecular formula is C18H28N4O4S. The minimum absolute atomic E-state index is 0.137. The van der Waals surface area contributed by atoms with Gasteiger partial charge >= 0.3 is 6.03 Å². The Bertz CT molecular complexity index is 717. The fourth-order valence-electron chi connectivity index (χ4n) is 3.34. The molecule has 1 aromatic rings. The molecule has 3 heterocycles. The van der Waals surface area contributed by atoms with Gasteiger partial charge in [0.05, 0.1) is 0 Å². The second kappa shape index (κ2) is 8.00. The number of nitrogens with zero attached hydrogens (tertiary/aromatic N) is 3. The monoisotopic (exact) mass is 396 g/mol. The fraction of sp³-hybridized carbons (Fsp3) is 0.722. The molecule has 0 bridgehead atoms. The third kappa shape index (κ3) is 4.69. The van der Waals surface area contributed by atoms with Crippen LogP contribution in [0.25, 0.3) is 0 Å². The Balaban J connectivity index is 1.67. The highest BCUT2D eigenvalue weighted by Crippen LogP contribution is 2.25. The number of carbonyl (C=O) groups excluding carboxylic acids is 2. The van der Waals surface area contributed by atoms with Crippen molar-refractivity contribution < 1.29 is 18.3 Å². The predicted octanol–water partition coefficient (Wildman–Crippen LogP) is 1.95. The Morgan fingerprint density at radius 2 is 1.93 bits per heavy atom. The molecule has 150 valence electrons. The van der Waals surface area contributed by atoms with Crippen molar-refractivity contribution in [3.63, 3.8) is 0 Å². The summed E-state index contributed by atoms with van der Waals surface area (Å²) in [6, 6.07) is 1.07. The minimum atomic E-state index is -0.842. The van der Waals surface area contributed by atoms with Gasteiger partial charge in [-0.15, -0.1) is 0 Å². The molecule has 0 aliphatic carbocycles. The summed E-state index contributed by atoms with van der Waals surface area (Å²) in [6.07, 6.45) is 2.41. The van der Waals surface area contributed by atoms with E-state index in [4.69, 9.17) is 4.52 Å². The maximum Gasteiger partial charge on any atom is 0.320 e. The van der Waals surface area contributed by atoms with Gasteiger partial charge in [-0.1, -0.05) is 25.9 Å². The number of urea groups is 1. The maximum absolute atomic E-state index is 12.9. The Kier molecular flexibility index (Phi) is 5.88. The molecule has 0 spiro atoms. The van der Waals surface area contributed by atoms with Crippen molar-refractivity contribution in [3.8, 4) is 0 Å². The van der Waals surface area contributed by atoms with E-state index in [0.29, 0.717) is 49.1 Å². The van der Waals surface area contributed by atoms with Gasteiger partial charge in [0.25, 0.3) is 0 Å². The molecule has 2 aliphatic rings. The van der Waals surface area contributed by atoms with Crippen molar-refractivity contribution in [2.24, 2.45) is 0 Å². The Labute approximate surface area is 162 Å². The average Bonchev–Trinajstić information content (AvgIpc) is 3.10. The van der Waals surface area contributed by atoms with Gasteiger partial charge in [0.2, 0.25) is 5.91 Å². The number of rotatable bonds is 2. The highest BCUT2D eigenvalue weighted by molar-refractivity contribution is 7.85. The van der Waals surface area contributed by atoms with Gasteiger partial charge in [-0.25, -0.2) is 4.79 Å². The van der Waals surface area contributed by atoms with Crippen LogP contribution in [0, 0.1) is 0 Å². The molecule has 3 rings (SSSR count).